The van der Waals surface area contributed by atoms with E-state index in [2.05, 4.69) is 4.90 Å². The predicted molar refractivity (Wildman–Crippen MR) is 156 cm³/mol. The molecule has 0 saturated carbocycles. The zero-order chi connectivity index (χ0) is 31.6. The Kier molecular flexibility index (Phi) is 13.2. The summed E-state index contributed by atoms with van der Waals surface area (Å²) in [5.74, 6) is -0.973. The van der Waals surface area contributed by atoms with Crippen molar-refractivity contribution < 1.29 is 28.4 Å². The topological polar surface area (TPSA) is 136 Å². The highest BCUT2D eigenvalue weighted by Crippen LogP contribution is 2.29. The second-order valence-electron chi connectivity index (χ2n) is 10.1. The predicted octanol–water partition coefficient (Wildman–Crippen LogP) is 3.20. The van der Waals surface area contributed by atoms with Crippen molar-refractivity contribution in [1.29, 1.82) is 0 Å². The molecule has 3 N–H and O–H groups in total. The highest BCUT2D eigenvalue weighted by molar-refractivity contribution is 5.73. The maximum atomic E-state index is 14.2. The molecule has 4 rings (SSSR count). The van der Waals surface area contributed by atoms with Crippen molar-refractivity contribution in [3.05, 3.63) is 69.3 Å². The summed E-state index contributed by atoms with van der Waals surface area (Å²) in [6, 6.07) is 9.06. The molecule has 0 radical (unpaired) electrons. The number of nitrogens with two attached hydrogens (primary N) is 1. The van der Waals surface area contributed by atoms with E-state index < -0.39 is 16.4 Å². The Morgan fingerprint density at radius 2 is 1.17 bits per heavy atom. The third-order valence-corrected chi connectivity index (χ3v) is 7.78. The summed E-state index contributed by atoms with van der Waals surface area (Å²) < 4.78 is 28.2. The first-order valence-electron chi connectivity index (χ1n) is 13.8. The Morgan fingerprint density at radius 3 is 1.55 bits per heavy atom. The van der Waals surface area contributed by atoms with Gasteiger partial charge >= 0.3 is 5.69 Å². The Hall–Kier alpha value is -3.68. The number of nitro groups is 1. The zero-order valence-electron chi connectivity index (χ0n) is 24.9. The number of rotatable bonds is 5. The largest absolute Gasteiger partial charge is 0.400 e. The monoisotopic (exact) mass is 592 g/mol. The van der Waals surface area contributed by atoms with Gasteiger partial charge in [-0.05, 0) is 19.9 Å². The van der Waals surface area contributed by atoms with Crippen molar-refractivity contribution in [3.8, 4) is 0 Å². The molecule has 2 atom stereocenters. The molecule has 0 bridgehead atoms. The third-order valence-electron chi connectivity index (χ3n) is 7.78. The molecule has 0 spiro atoms. The minimum atomic E-state index is -0.774. The van der Waals surface area contributed by atoms with Gasteiger partial charge in [-0.1, -0.05) is 24.3 Å². The lowest BCUT2D eigenvalue weighted by Gasteiger charge is -2.38. The van der Waals surface area contributed by atoms with Crippen LogP contribution in [-0.2, 0) is 9.59 Å². The molecule has 0 aliphatic carbocycles. The van der Waals surface area contributed by atoms with E-state index in [1.54, 1.807) is 36.1 Å². The molecule has 0 unspecified atom stereocenters. The van der Waals surface area contributed by atoms with Crippen molar-refractivity contribution in [2.75, 3.05) is 65.2 Å². The Balaban J connectivity index is 0.000000278. The van der Waals surface area contributed by atoms with Crippen LogP contribution >= 0.6 is 0 Å². The van der Waals surface area contributed by atoms with Crippen LogP contribution in [0.2, 0.25) is 0 Å². The number of aliphatic hydroxyl groups is 1. The van der Waals surface area contributed by atoms with Gasteiger partial charge in [-0.2, -0.15) is 4.39 Å². The number of piperazine rings is 2. The molecule has 11 nitrogen and oxygen atoms in total. The lowest BCUT2D eigenvalue weighted by Crippen LogP contribution is -2.48. The maximum Gasteiger partial charge on any atom is 0.305 e. The van der Waals surface area contributed by atoms with Crippen molar-refractivity contribution in [2.45, 2.75) is 39.8 Å². The van der Waals surface area contributed by atoms with Crippen LogP contribution in [0.3, 0.4) is 0 Å². The van der Waals surface area contributed by atoms with Crippen molar-refractivity contribution in [2.24, 2.45) is 0 Å². The summed E-state index contributed by atoms with van der Waals surface area (Å²) in [6.45, 7) is 12.3. The molecular formula is C29H42F2N6O5. The van der Waals surface area contributed by atoms with Gasteiger partial charge in [0.05, 0.1) is 10.6 Å². The highest BCUT2D eigenvalue weighted by atomic mass is 19.1. The van der Waals surface area contributed by atoms with Gasteiger partial charge in [-0.3, -0.25) is 29.5 Å². The summed E-state index contributed by atoms with van der Waals surface area (Å²) in [4.78, 5) is 40.4. The molecule has 2 aliphatic heterocycles. The summed E-state index contributed by atoms with van der Waals surface area (Å²) in [6.07, 6.45) is 0. The van der Waals surface area contributed by atoms with Crippen molar-refractivity contribution in [1.82, 2.24) is 19.6 Å². The molecule has 2 aromatic rings. The van der Waals surface area contributed by atoms with E-state index in [0.717, 1.165) is 20.2 Å². The molecular weight excluding hydrogens is 550 g/mol. The van der Waals surface area contributed by atoms with Crippen LogP contribution in [0.1, 0.15) is 50.9 Å². The molecule has 2 fully saturated rings. The first kappa shape index (κ1) is 34.5. The third kappa shape index (κ3) is 8.66. The molecule has 13 heteroatoms. The van der Waals surface area contributed by atoms with E-state index in [4.69, 9.17) is 10.8 Å². The van der Waals surface area contributed by atoms with Gasteiger partial charge in [-0.15, -0.1) is 0 Å². The Labute approximate surface area is 245 Å². The van der Waals surface area contributed by atoms with Gasteiger partial charge in [0.15, 0.2) is 5.82 Å². The molecule has 2 heterocycles. The average Bonchev–Trinajstić information content (AvgIpc) is 2.99. The molecule has 2 aliphatic rings. The van der Waals surface area contributed by atoms with Gasteiger partial charge in [0.1, 0.15) is 0 Å². The number of nitrogens with zero attached hydrogens (tertiary/aromatic N) is 5. The number of aliphatic hydroxyl groups excluding tert-OH is 1. The fourth-order valence-corrected chi connectivity index (χ4v) is 5.13. The number of carbonyl (C=O) groups is 2. The van der Waals surface area contributed by atoms with Crippen LogP contribution in [0.15, 0.2) is 36.4 Å². The van der Waals surface area contributed by atoms with E-state index in [1.807, 2.05) is 23.6 Å². The van der Waals surface area contributed by atoms with E-state index in [9.17, 15) is 28.5 Å². The van der Waals surface area contributed by atoms with Crippen LogP contribution in [0.25, 0.3) is 0 Å². The van der Waals surface area contributed by atoms with Gasteiger partial charge in [0.25, 0.3) is 0 Å². The molecule has 2 aromatic carbocycles. The van der Waals surface area contributed by atoms with Crippen LogP contribution < -0.4 is 5.73 Å². The number of hydrogen-bond donors (Lipinski definition) is 2. The minimum Gasteiger partial charge on any atom is -0.400 e. The molecule has 232 valence electrons. The highest BCUT2D eigenvalue weighted by Gasteiger charge is 2.28. The number of nitrogen functional groups attached to an aromatic ring is 1. The van der Waals surface area contributed by atoms with Crippen LogP contribution in [0.5, 0.6) is 0 Å². The van der Waals surface area contributed by atoms with Crippen molar-refractivity contribution >= 4 is 23.2 Å². The second kappa shape index (κ2) is 16.1. The van der Waals surface area contributed by atoms with E-state index in [-0.39, 0.29) is 35.4 Å². The number of carbonyl (C=O) groups excluding carboxylic acids is 2. The van der Waals surface area contributed by atoms with Crippen molar-refractivity contribution in [3.63, 3.8) is 0 Å². The minimum absolute atomic E-state index is 0.0300. The number of nitro benzene ring substituents is 1. The van der Waals surface area contributed by atoms with E-state index in [0.29, 0.717) is 50.4 Å². The van der Waals surface area contributed by atoms with Gasteiger partial charge in [0, 0.05) is 103 Å². The lowest BCUT2D eigenvalue weighted by molar-refractivity contribution is -0.387. The lowest BCUT2D eigenvalue weighted by atomic mass is 10.0. The van der Waals surface area contributed by atoms with E-state index in [1.165, 1.54) is 19.1 Å². The SMILES string of the molecule is CC(=O)N1CCN([C@@H](C)c2cccc(N)c2F)CC1.CC(=O)N1CCN([C@@H](C)c2cccc([N+](=O)[O-])c2F)CC1.CO. The standard InChI is InChI=1S/C14H18FN3O3.C14H20FN3O.CH4O/c1-10(16-6-8-17(9-7-16)11(2)19)12-4-3-5-13(14(12)15)18(20)21;1-10(12-4-3-5-13(16)14(12)15)17-6-8-18(9-7-17)11(2)19;1-2/h3-5,10H,6-9H2,1-2H3;3-5,10H,6-9,16H2,1-2H3;2H,1H3/t2*10-;/m00./s1. The second-order valence-corrected chi connectivity index (χ2v) is 10.1. The van der Waals surface area contributed by atoms with E-state index >= 15 is 0 Å². The Morgan fingerprint density at radius 1 is 0.786 bits per heavy atom. The number of amides is 2. The Bertz CT molecular complexity index is 1220. The first-order chi connectivity index (χ1) is 19.9. The smallest absolute Gasteiger partial charge is 0.305 e. The summed E-state index contributed by atoms with van der Waals surface area (Å²) in [5, 5.41) is 17.8. The molecule has 2 saturated heterocycles. The molecule has 42 heavy (non-hydrogen) atoms. The summed E-state index contributed by atoms with van der Waals surface area (Å²) in [5.41, 5.74) is 6.23. The molecule has 0 aromatic heterocycles. The number of halogens is 2. The number of hydrogen-bond acceptors (Lipinski definition) is 8. The average molecular weight is 593 g/mol. The normalized spacial score (nSPS) is 17.2. The van der Waals surface area contributed by atoms with Gasteiger partial charge in [0.2, 0.25) is 17.6 Å². The van der Waals surface area contributed by atoms with Crippen LogP contribution in [-0.4, -0.2) is 101 Å². The number of anilines is 1. The van der Waals surface area contributed by atoms with Crippen LogP contribution in [0.4, 0.5) is 20.2 Å². The summed E-state index contributed by atoms with van der Waals surface area (Å²) in [7, 11) is 1.00. The summed E-state index contributed by atoms with van der Waals surface area (Å²) >= 11 is 0. The van der Waals surface area contributed by atoms with Crippen LogP contribution in [0, 0.1) is 21.7 Å². The van der Waals surface area contributed by atoms with Gasteiger partial charge in [-0.25, -0.2) is 4.39 Å². The zero-order valence-corrected chi connectivity index (χ0v) is 24.9. The fourth-order valence-electron chi connectivity index (χ4n) is 5.13. The fraction of sp³-hybridized carbons (Fsp3) is 0.517. The maximum absolute atomic E-state index is 14.2. The molecule has 2 amide bonds. The first-order valence-corrected chi connectivity index (χ1v) is 13.8. The quantitative estimate of drug-likeness (QED) is 0.307. The number of benzene rings is 2. The van der Waals surface area contributed by atoms with Gasteiger partial charge < -0.3 is 20.6 Å².